The molecule has 0 aromatic heterocycles. The Morgan fingerprint density at radius 3 is 2.24 bits per heavy atom. The number of benzene rings is 1. The lowest BCUT2D eigenvalue weighted by Gasteiger charge is -2.47. The molecule has 2 bridgehead atoms. The van der Waals surface area contributed by atoms with Crippen LogP contribution in [0.5, 0.6) is 17.2 Å². The molecule has 0 unspecified atom stereocenters. The number of carbonyl (C=O) groups is 3. The number of ketones is 1. The van der Waals surface area contributed by atoms with Gasteiger partial charge >= 0.3 is 6.09 Å². The number of amides is 1. The Morgan fingerprint density at radius 1 is 0.865 bits per heavy atom. The first-order chi connectivity index (χ1) is 42.7. The molecule has 4 aliphatic carbocycles. The van der Waals surface area contributed by atoms with Crippen LogP contribution in [0.1, 0.15) is 88.6 Å². The van der Waals surface area contributed by atoms with Crippen LogP contribution < -0.4 is 30.3 Å². The first-order valence-electron chi connectivity index (χ1n) is 30.0. The molecule has 8 aliphatic rings. The van der Waals surface area contributed by atoms with Crippen LogP contribution >= 0.6 is 55.9 Å². The van der Waals surface area contributed by atoms with Crippen LogP contribution in [0.15, 0.2) is 47.2 Å². The van der Waals surface area contributed by atoms with Crippen molar-refractivity contribution in [1.82, 2.24) is 16.1 Å². The lowest BCUT2D eigenvalue weighted by Crippen LogP contribution is -2.65. The van der Waals surface area contributed by atoms with Gasteiger partial charge in [-0.25, -0.2) is 4.79 Å². The highest BCUT2D eigenvalue weighted by Crippen LogP contribution is 2.54. The van der Waals surface area contributed by atoms with Gasteiger partial charge in [0.15, 0.2) is 41.8 Å². The van der Waals surface area contributed by atoms with Crippen LogP contribution in [-0.2, 0) is 52.3 Å². The number of ether oxygens (including phenoxy) is 12. The van der Waals surface area contributed by atoms with Gasteiger partial charge in [-0.3, -0.25) is 19.7 Å². The summed E-state index contributed by atoms with van der Waals surface area (Å²) < 4.78 is 73.2. The fraction of sp³-hybridized carbons (Fsp3) is 0.689. The molecule has 494 valence electrons. The lowest BCUT2D eigenvalue weighted by atomic mass is 9.75. The number of rotatable bonds is 24. The van der Waals surface area contributed by atoms with E-state index in [4.69, 9.17) is 61.7 Å². The molecule has 19 atom stereocenters. The zero-order valence-electron chi connectivity index (χ0n) is 51.5. The van der Waals surface area contributed by atoms with Crippen LogP contribution in [0.4, 0.5) is 4.79 Å². The highest BCUT2D eigenvalue weighted by atomic mass is 127. The third-order valence-electron chi connectivity index (χ3n) is 17.1. The number of carbonyl (C=O) groups excluding carboxylic acids is 3. The zero-order chi connectivity index (χ0) is 64.0. The molecule has 0 radical (unpaired) electrons. The Hall–Kier alpha value is -3.11. The van der Waals surface area contributed by atoms with E-state index in [0.29, 0.717) is 38.5 Å². The summed E-state index contributed by atoms with van der Waals surface area (Å²) in [6, 6.07) is -1.23. The SMILES string of the molecule is CCN[C@H]1CO[C@@H](O[C@H]2[C@H](O[C@H]3/C=C\C=C/C#C[C@]4(O)CC(=O)C(NC(=O)OC)=C3/C4=C\CSSC(C3CC3)C3CC3)O[C@H](C)[C@@H](NO[C@H]3C[C@H](O)[C@H](SC(=O)c4c(C)c(I)c(O[C@@H]5O[C@@H](C)[C@H](O)[C@@H](OC)[C@H]5O)c(OC)c4OC)[C@@H](C)O3)[C@@H]2O)C[C@@H]1OC. The maximum atomic E-state index is 14.5. The van der Waals surface area contributed by atoms with Gasteiger partial charge in [0.2, 0.25) is 17.2 Å². The largest absolute Gasteiger partial charge is 0.492 e. The molecular formula is C61H84IN3O21S3. The van der Waals surface area contributed by atoms with E-state index in [1.165, 1.54) is 54.1 Å². The van der Waals surface area contributed by atoms with Gasteiger partial charge in [-0.15, -0.1) is 0 Å². The third-order valence-corrected chi connectivity index (χ3v) is 22.7. The summed E-state index contributed by atoms with van der Waals surface area (Å²) in [5.41, 5.74) is 1.69. The summed E-state index contributed by atoms with van der Waals surface area (Å²) >= 11 is 2.85. The van der Waals surface area contributed by atoms with E-state index in [2.05, 4.69) is 28.0 Å². The van der Waals surface area contributed by atoms with Crippen molar-refractivity contribution >= 4 is 72.9 Å². The molecule has 89 heavy (non-hydrogen) atoms. The van der Waals surface area contributed by atoms with Crippen molar-refractivity contribution in [1.29, 1.82) is 0 Å². The normalized spacial score (nSPS) is 36.9. The molecule has 4 saturated heterocycles. The first-order valence-corrected chi connectivity index (χ1v) is 34.4. The maximum absolute atomic E-state index is 14.5. The standard InChI is InChI=1S/C61H84IN3O21S3/c1-11-63-35-27-79-40(25-39(35)74-6)84-53-48(69)45(65-86-41-24-36(66)55(31(5)80-41)88-57(71)42-28(2)44(62)51(54(77-9)50(42)75-7)85-58-49(70)52(76-8)47(68)30(4)82-58)29(3)81-59(53)83-38-16-14-12-13-15-22-61(73)26-37(67)46(64-60(72)78-10)43(38)34(61)21-23-87-89-56(32-17-18-32)33-19-20-33/h12-14,16,21,29-33,35-36,38-41,45,47-49,52-53,55-56,58-59,63,65-66,68-70,73H,11,17-20,23-27H2,1-10H3,(H,64,72)/b13-12-,16-14-,34-21+/t29-,30+,31-,35+,36+,38+,39+,40+,41+,45-,47+,48+,49-,52-,53-,55-,58+,59+,61+/m1/s1. The second-order valence-electron chi connectivity index (χ2n) is 23.2. The van der Waals surface area contributed by atoms with Crippen molar-refractivity contribution < 1.29 is 102 Å². The van der Waals surface area contributed by atoms with Crippen molar-refractivity contribution in [3.63, 3.8) is 0 Å². The minimum atomic E-state index is -2.01. The van der Waals surface area contributed by atoms with Crippen LogP contribution in [0, 0.1) is 34.2 Å². The summed E-state index contributed by atoms with van der Waals surface area (Å²) in [6.45, 7) is 9.52. The van der Waals surface area contributed by atoms with Crippen molar-refractivity contribution in [2.75, 3.05) is 54.5 Å². The summed E-state index contributed by atoms with van der Waals surface area (Å²) in [5, 5.41) is 63.9. The number of aliphatic hydroxyl groups excluding tert-OH is 4. The zero-order valence-corrected chi connectivity index (χ0v) is 56.1. The Kier molecular flexibility index (Phi) is 24.8. The van der Waals surface area contributed by atoms with E-state index in [1.54, 1.807) is 69.9 Å². The molecule has 4 aliphatic heterocycles. The molecular weight excluding hydrogens is 1330 g/mol. The summed E-state index contributed by atoms with van der Waals surface area (Å²) in [7, 11) is 10.4. The van der Waals surface area contributed by atoms with Gasteiger partial charge in [0.1, 0.15) is 36.6 Å². The first kappa shape index (κ1) is 70.2. The number of aliphatic hydroxyl groups is 5. The molecule has 6 fully saturated rings. The van der Waals surface area contributed by atoms with Crippen molar-refractivity contribution in [3.05, 3.63) is 61.9 Å². The van der Waals surface area contributed by atoms with E-state index in [9.17, 15) is 39.9 Å². The second-order valence-corrected chi connectivity index (χ2v) is 28.1. The second kappa shape index (κ2) is 31.4. The third kappa shape index (κ3) is 16.2. The van der Waals surface area contributed by atoms with Crippen molar-refractivity contribution in [2.45, 2.75) is 200 Å². The van der Waals surface area contributed by atoms with Gasteiger partial charge in [-0.1, -0.05) is 76.4 Å². The Bertz CT molecular complexity index is 2850. The number of halogens is 1. The van der Waals surface area contributed by atoms with Gasteiger partial charge in [0.25, 0.3) is 0 Å². The Morgan fingerprint density at radius 2 is 1.58 bits per heavy atom. The molecule has 0 spiro atoms. The molecule has 1 amide bonds. The lowest BCUT2D eigenvalue weighted by molar-refractivity contribution is -0.336. The van der Waals surface area contributed by atoms with Gasteiger partial charge in [0.05, 0.1) is 97.0 Å². The molecule has 8 N–H and O–H groups in total. The average Bonchev–Trinajstić information content (AvgIpc) is 1.77. The number of hydrogen-bond acceptors (Lipinski definition) is 26. The van der Waals surface area contributed by atoms with Crippen LogP contribution in [0.3, 0.4) is 0 Å². The van der Waals surface area contributed by atoms with Gasteiger partial charge in [-0.05, 0) is 106 Å². The van der Waals surface area contributed by atoms with E-state index >= 15 is 0 Å². The van der Waals surface area contributed by atoms with Crippen LogP contribution in [0.2, 0.25) is 0 Å². The Balaban J connectivity index is 0.938. The number of hydroxylamine groups is 1. The quantitative estimate of drug-likeness (QED) is 0.0229. The van der Waals surface area contributed by atoms with E-state index in [1.807, 2.05) is 46.4 Å². The topological polar surface area (TPSA) is 308 Å². The predicted molar refractivity (Wildman–Crippen MR) is 337 cm³/mol. The van der Waals surface area contributed by atoms with E-state index in [0.717, 1.165) is 11.8 Å². The van der Waals surface area contributed by atoms with Crippen molar-refractivity contribution in [3.8, 4) is 29.1 Å². The minimum absolute atomic E-state index is 0.0336. The highest BCUT2D eigenvalue weighted by molar-refractivity contribution is 14.1. The number of methoxy groups -OCH3 is 5. The fourth-order valence-electron chi connectivity index (χ4n) is 12.1. The molecule has 4 heterocycles. The molecule has 1 aromatic carbocycles. The summed E-state index contributed by atoms with van der Waals surface area (Å²) in [6.07, 6.45) is -4.65. The molecule has 2 saturated carbocycles. The molecule has 24 nitrogen and oxygen atoms in total. The average molecular weight is 1420 g/mol. The molecule has 28 heteroatoms. The molecule has 9 rings (SSSR count). The number of likely N-dealkylation sites (N-methyl/N-ethyl adjacent to an activating group) is 1. The number of allylic oxidation sites excluding steroid dienone is 4. The number of hydrogen-bond donors (Lipinski definition) is 8. The monoisotopic (exact) mass is 1420 g/mol. The predicted octanol–water partition coefficient (Wildman–Crippen LogP) is 4.66. The van der Waals surface area contributed by atoms with Crippen molar-refractivity contribution in [2.24, 2.45) is 11.8 Å². The summed E-state index contributed by atoms with van der Waals surface area (Å²) in [5.74, 6) is 7.16. The number of nitrogens with one attached hydrogen (secondary N) is 3. The van der Waals surface area contributed by atoms with E-state index < -0.39 is 127 Å². The number of fused-ring (bicyclic) bond motifs is 2. The molecule has 1 aromatic rings. The maximum Gasteiger partial charge on any atom is 0.411 e. The van der Waals surface area contributed by atoms with Gasteiger partial charge < -0.3 is 87.7 Å². The fourth-order valence-corrected chi connectivity index (χ4v) is 17.0. The smallest absolute Gasteiger partial charge is 0.411 e. The number of alkyl carbamates (subject to hydrolysis) is 1. The Labute approximate surface area is 544 Å². The van der Waals surface area contributed by atoms with Crippen LogP contribution in [-0.4, -0.2) is 217 Å². The number of thioether (sulfide) groups is 1. The van der Waals surface area contributed by atoms with Crippen LogP contribution in [0.25, 0.3) is 0 Å². The van der Waals surface area contributed by atoms with Gasteiger partial charge in [0, 0.05) is 49.2 Å². The highest BCUT2D eigenvalue weighted by Gasteiger charge is 2.52. The van der Waals surface area contributed by atoms with Gasteiger partial charge in [-0.2, -0.15) is 5.48 Å². The minimum Gasteiger partial charge on any atom is -0.492 e. The summed E-state index contributed by atoms with van der Waals surface area (Å²) in [4.78, 5) is 48.1. The number of Topliss-reactive ketones (excluding diaryl/α,β-unsaturated/α-hetero) is 1. The van der Waals surface area contributed by atoms with E-state index in [-0.39, 0.29) is 71.2 Å².